The standard InChI is InChI=1S/C19H18O/c20-19(18-12-16-4-1-2-7-17(16)18)15-10-8-14(9-11-15)13-5-3-6-13/h1-2,4,7-11,13,18H,3,5-6,12H2. The van der Waals surface area contributed by atoms with Gasteiger partial charge >= 0.3 is 0 Å². The number of hydrogen-bond acceptors (Lipinski definition) is 1. The molecule has 2 aliphatic rings. The molecule has 1 saturated carbocycles. The molecule has 0 spiro atoms. The van der Waals surface area contributed by atoms with Gasteiger partial charge in [-0.3, -0.25) is 4.79 Å². The molecule has 0 saturated heterocycles. The Morgan fingerprint density at radius 3 is 2.35 bits per heavy atom. The SMILES string of the molecule is O=C(c1ccc(C2CCC2)cc1)C1Cc2ccccc21. The predicted molar refractivity (Wildman–Crippen MR) is 80.3 cm³/mol. The van der Waals surface area contributed by atoms with Crippen LogP contribution < -0.4 is 0 Å². The zero-order chi connectivity index (χ0) is 13.5. The topological polar surface area (TPSA) is 17.1 Å². The highest BCUT2D eigenvalue weighted by molar-refractivity contribution is 6.02. The second-order valence-corrected chi connectivity index (χ2v) is 6.07. The van der Waals surface area contributed by atoms with Crippen molar-refractivity contribution < 1.29 is 4.79 Å². The summed E-state index contributed by atoms with van der Waals surface area (Å²) in [5.41, 5.74) is 4.83. The molecule has 0 heterocycles. The Balaban J connectivity index is 1.55. The average Bonchev–Trinajstić information content (AvgIpc) is 2.39. The van der Waals surface area contributed by atoms with Crippen molar-refractivity contribution in [1.82, 2.24) is 0 Å². The Morgan fingerprint density at radius 2 is 1.70 bits per heavy atom. The molecule has 1 nitrogen and oxygen atoms in total. The van der Waals surface area contributed by atoms with Crippen molar-refractivity contribution in [2.75, 3.05) is 0 Å². The van der Waals surface area contributed by atoms with Gasteiger partial charge in [0.05, 0.1) is 5.92 Å². The van der Waals surface area contributed by atoms with Crippen molar-refractivity contribution in [1.29, 1.82) is 0 Å². The van der Waals surface area contributed by atoms with Crippen LogP contribution in [0.2, 0.25) is 0 Å². The Morgan fingerprint density at radius 1 is 0.950 bits per heavy atom. The molecule has 0 amide bonds. The zero-order valence-electron chi connectivity index (χ0n) is 11.5. The molecule has 2 aromatic rings. The molecule has 20 heavy (non-hydrogen) atoms. The molecule has 2 aliphatic carbocycles. The fraction of sp³-hybridized carbons (Fsp3) is 0.316. The molecular formula is C19H18O. The van der Waals surface area contributed by atoms with E-state index in [0.717, 1.165) is 17.9 Å². The van der Waals surface area contributed by atoms with Gasteiger partial charge in [-0.15, -0.1) is 0 Å². The summed E-state index contributed by atoms with van der Waals surface area (Å²) in [4.78, 5) is 12.6. The van der Waals surface area contributed by atoms with Crippen LogP contribution in [0.25, 0.3) is 0 Å². The highest BCUT2D eigenvalue weighted by atomic mass is 16.1. The van der Waals surface area contributed by atoms with Crippen molar-refractivity contribution in [3.8, 4) is 0 Å². The molecule has 1 fully saturated rings. The third kappa shape index (κ3) is 1.81. The molecule has 0 radical (unpaired) electrons. The van der Waals surface area contributed by atoms with E-state index in [9.17, 15) is 4.79 Å². The minimum absolute atomic E-state index is 0.0840. The van der Waals surface area contributed by atoms with E-state index < -0.39 is 0 Å². The van der Waals surface area contributed by atoms with E-state index in [1.165, 1.54) is 36.0 Å². The van der Waals surface area contributed by atoms with Gasteiger partial charge in [-0.2, -0.15) is 0 Å². The number of fused-ring (bicyclic) bond motifs is 1. The number of benzene rings is 2. The molecule has 0 N–H and O–H groups in total. The van der Waals surface area contributed by atoms with Crippen LogP contribution in [0.1, 0.15) is 58.1 Å². The largest absolute Gasteiger partial charge is 0.293 e. The fourth-order valence-electron chi connectivity index (χ4n) is 3.36. The molecule has 4 rings (SSSR count). The summed E-state index contributed by atoms with van der Waals surface area (Å²) in [5.74, 6) is 1.10. The number of rotatable bonds is 3. The van der Waals surface area contributed by atoms with E-state index in [4.69, 9.17) is 0 Å². The summed E-state index contributed by atoms with van der Waals surface area (Å²) in [5, 5.41) is 0. The minimum atomic E-state index is 0.0840. The lowest BCUT2D eigenvalue weighted by molar-refractivity contribution is 0.0949. The molecule has 1 atom stereocenters. The van der Waals surface area contributed by atoms with Crippen molar-refractivity contribution in [3.63, 3.8) is 0 Å². The van der Waals surface area contributed by atoms with Gasteiger partial charge in [0.1, 0.15) is 0 Å². The average molecular weight is 262 g/mol. The maximum Gasteiger partial charge on any atom is 0.170 e. The lowest BCUT2D eigenvalue weighted by Gasteiger charge is -2.29. The number of ketones is 1. The normalized spacial score (nSPS) is 20.7. The Hall–Kier alpha value is -1.89. The molecule has 0 aliphatic heterocycles. The molecule has 2 aromatic carbocycles. The van der Waals surface area contributed by atoms with E-state index in [1.54, 1.807) is 0 Å². The van der Waals surface area contributed by atoms with Crippen LogP contribution in [0.5, 0.6) is 0 Å². The Labute approximate surface area is 119 Å². The number of carbonyl (C=O) groups is 1. The summed E-state index contributed by atoms with van der Waals surface area (Å²) >= 11 is 0. The van der Waals surface area contributed by atoms with Gasteiger partial charge in [0, 0.05) is 5.56 Å². The highest BCUT2D eigenvalue weighted by Crippen LogP contribution is 2.38. The molecule has 100 valence electrons. The smallest absolute Gasteiger partial charge is 0.170 e. The first-order valence-corrected chi connectivity index (χ1v) is 7.55. The quantitative estimate of drug-likeness (QED) is 0.745. The van der Waals surface area contributed by atoms with Crippen LogP contribution >= 0.6 is 0 Å². The van der Waals surface area contributed by atoms with E-state index in [2.05, 4.69) is 24.3 Å². The maximum absolute atomic E-state index is 12.6. The number of hydrogen-bond donors (Lipinski definition) is 0. The van der Waals surface area contributed by atoms with Gasteiger partial charge in [-0.05, 0) is 41.9 Å². The Kier molecular flexibility index (Phi) is 2.73. The highest BCUT2D eigenvalue weighted by Gasteiger charge is 2.32. The Bertz CT molecular complexity index is 650. The first kappa shape index (κ1) is 11.9. The predicted octanol–water partition coefficient (Wildman–Crippen LogP) is 4.48. The molecular weight excluding hydrogens is 244 g/mol. The van der Waals surface area contributed by atoms with Gasteiger partial charge < -0.3 is 0 Å². The van der Waals surface area contributed by atoms with Crippen LogP contribution in [0.4, 0.5) is 0 Å². The number of carbonyl (C=O) groups excluding carboxylic acids is 1. The van der Waals surface area contributed by atoms with Gasteiger partial charge in [0.15, 0.2) is 5.78 Å². The molecule has 0 aromatic heterocycles. The van der Waals surface area contributed by atoms with Crippen molar-refractivity contribution in [2.24, 2.45) is 0 Å². The fourth-order valence-corrected chi connectivity index (χ4v) is 3.36. The van der Waals surface area contributed by atoms with Gasteiger partial charge in [-0.1, -0.05) is 55.0 Å². The summed E-state index contributed by atoms with van der Waals surface area (Å²) in [6.07, 6.45) is 4.87. The second-order valence-electron chi connectivity index (χ2n) is 6.07. The summed E-state index contributed by atoms with van der Waals surface area (Å²) < 4.78 is 0. The van der Waals surface area contributed by atoms with Crippen molar-refractivity contribution in [3.05, 3.63) is 70.8 Å². The summed E-state index contributed by atoms with van der Waals surface area (Å²) in [6.45, 7) is 0. The maximum atomic E-state index is 12.6. The van der Waals surface area contributed by atoms with Crippen LogP contribution in [0.3, 0.4) is 0 Å². The third-order valence-corrected chi connectivity index (χ3v) is 4.94. The van der Waals surface area contributed by atoms with Gasteiger partial charge in [0.25, 0.3) is 0 Å². The summed E-state index contributed by atoms with van der Waals surface area (Å²) in [6, 6.07) is 16.6. The van der Waals surface area contributed by atoms with E-state index >= 15 is 0 Å². The minimum Gasteiger partial charge on any atom is -0.293 e. The van der Waals surface area contributed by atoms with Crippen molar-refractivity contribution >= 4 is 5.78 Å². The lowest BCUT2D eigenvalue weighted by Crippen LogP contribution is -2.25. The van der Waals surface area contributed by atoms with Crippen LogP contribution in [-0.2, 0) is 6.42 Å². The van der Waals surface area contributed by atoms with Crippen LogP contribution in [0, 0.1) is 0 Å². The molecule has 1 unspecified atom stereocenters. The summed E-state index contributed by atoms with van der Waals surface area (Å²) in [7, 11) is 0. The monoisotopic (exact) mass is 262 g/mol. The van der Waals surface area contributed by atoms with E-state index in [0.29, 0.717) is 0 Å². The second kappa shape index (κ2) is 4.59. The number of Topliss-reactive ketones (excluding diaryl/α,β-unsaturated/α-hetero) is 1. The first-order chi connectivity index (χ1) is 9.83. The molecule has 0 bridgehead atoms. The van der Waals surface area contributed by atoms with Crippen LogP contribution in [0.15, 0.2) is 48.5 Å². The lowest BCUT2D eigenvalue weighted by atomic mass is 9.73. The van der Waals surface area contributed by atoms with Crippen LogP contribution in [-0.4, -0.2) is 5.78 Å². The van der Waals surface area contributed by atoms with E-state index in [1.807, 2.05) is 24.3 Å². The third-order valence-electron chi connectivity index (χ3n) is 4.94. The zero-order valence-corrected chi connectivity index (χ0v) is 11.5. The van der Waals surface area contributed by atoms with Gasteiger partial charge in [-0.25, -0.2) is 0 Å². The van der Waals surface area contributed by atoms with Crippen molar-refractivity contribution in [2.45, 2.75) is 37.5 Å². The van der Waals surface area contributed by atoms with E-state index in [-0.39, 0.29) is 11.7 Å². The molecule has 1 heteroatoms. The van der Waals surface area contributed by atoms with Gasteiger partial charge in [0.2, 0.25) is 0 Å². The first-order valence-electron chi connectivity index (χ1n) is 7.55.